The van der Waals surface area contributed by atoms with E-state index in [1.165, 1.54) is 0 Å². The van der Waals surface area contributed by atoms with E-state index in [9.17, 15) is 4.79 Å². The highest BCUT2D eigenvalue weighted by atomic mass is 16.2. The zero-order valence-electron chi connectivity index (χ0n) is 15.7. The van der Waals surface area contributed by atoms with Crippen LogP contribution in [0.3, 0.4) is 0 Å². The van der Waals surface area contributed by atoms with Crippen LogP contribution >= 0.6 is 0 Å². The zero-order valence-corrected chi connectivity index (χ0v) is 15.7. The molecule has 0 aliphatic carbocycles. The maximum absolute atomic E-state index is 12.6. The smallest absolute Gasteiger partial charge is 0.320 e. The van der Waals surface area contributed by atoms with E-state index in [1.807, 2.05) is 36.8 Å². The van der Waals surface area contributed by atoms with Crippen molar-refractivity contribution in [2.45, 2.75) is 46.1 Å². The molecule has 3 heterocycles. The molecule has 1 unspecified atom stereocenters. The molecule has 0 bridgehead atoms. The number of nitrogens with one attached hydrogen (secondary N) is 2. The molecule has 0 aliphatic heterocycles. The number of carbonyl (C=O) groups excluding carboxylic acids is 1. The van der Waals surface area contributed by atoms with Gasteiger partial charge in [0.15, 0.2) is 0 Å². The summed E-state index contributed by atoms with van der Waals surface area (Å²) in [5.41, 5.74) is 2.88. The molecule has 8 nitrogen and oxygen atoms in total. The lowest BCUT2D eigenvalue weighted by molar-refractivity contribution is 0.247. The van der Waals surface area contributed by atoms with E-state index in [0.29, 0.717) is 5.78 Å². The number of hydrogen-bond donors (Lipinski definition) is 2. The predicted octanol–water partition coefficient (Wildman–Crippen LogP) is 2.86. The van der Waals surface area contributed by atoms with E-state index in [2.05, 4.69) is 39.5 Å². The first kappa shape index (κ1) is 17.9. The summed E-state index contributed by atoms with van der Waals surface area (Å²) in [6.07, 6.45) is 7.87. The standard InChI is InChI=1S/C18H25N7O/c1-5-12-13(6-2)23-24(4)16(12)22-18(26)21-14(7-3)15-11-25-10-8-9-19-17(25)20-15/h8-11,14H,5-7H2,1-4H3,(H2,21,22,26). The molecule has 3 aromatic rings. The van der Waals surface area contributed by atoms with Gasteiger partial charge in [0.25, 0.3) is 0 Å². The van der Waals surface area contributed by atoms with Crippen LogP contribution < -0.4 is 10.6 Å². The first-order valence-electron chi connectivity index (χ1n) is 8.99. The Morgan fingerprint density at radius 2 is 2.08 bits per heavy atom. The molecule has 0 spiro atoms. The summed E-state index contributed by atoms with van der Waals surface area (Å²) in [4.78, 5) is 21.3. The van der Waals surface area contributed by atoms with Crippen molar-refractivity contribution in [3.8, 4) is 0 Å². The van der Waals surface area contributed by atoms with Gasteiger partial charge in [-0.1, -0.05) is 20.8 Å². The van der Waals surface area contributed by atoms with Gasteiger partial charge in [-0.05, 0) is 25.3 Å². The highest BCUT2D eigenvalue weighted by molar-refractivity contribution is 5.89. The monoisotopic (exact) mass is 355 g/mol. The van der Waals surface area contributed by atoms with Crippen molar-refractivity contribution in [3.63, 3.8) is 0 Å². The summed E-state index contributed by atoms with van der Waals surface area (Å²) < 4.78 is 3.58. The Kier molecular flexibility index (Phi) is 5.20. The SMILES string of the molecule is CCc1nn(C)c(NC(=O)NC(CC)c2cn3cccnc3n2)c1CC. The minimum Gasteiger partial charge on any atom is -0.329 e. The van der Waals surface area contributed by atoms with Crippen LogP contribution in [0.1, 0.15) is 50.2 Å². The quantitative estimate of drug-likeness (QED) is 0.711. The highest BCUT2D eigenvalue weighted by Gasteiger charge is 2.19. The number of rotatable bonds is 6. The molecular formula is C18H25N7O. The maximum Gasteiger partial charge on any atom is 0.320 e. The first-order chi connectivity index (χ1) is 12.6. The van der Waals surface area contributed by atoms with Gasteiger partial charge >= 0.3 is 6.03 Å². The summed E-state index contributed by atoms with van der Waals surface area (Å²) in [7, 11) is 1.85. The second-order valence-electron chi connectivity index (χ2n) is 6.16. The van der Waals surface area contributed by atoms with Crippen molar-refractivity contribution in [1.29, 1.82) is 0 Å². The minimum absolute atomic E-state index is 0.194. The van der Waals surface area contributed by atoms with Crippen LogP contribution in [-0.4, -0.2) is 30.2 Å². The van der Waals surface area contributed by atoms with Crippen molar-refractivity contribution in [1.82, 2.24) is 29.5 Å². The normalized spacial score (nSPS) is 12.3. The van der Waals surface area contributed by atoms with Gasteiger partial charge < -0.3 is 5.32 Å². The van der Waals surface area contributed by atoms with Crippen molar-refractivity contribution >= 4 is 17.6 Å². The summed E-state index contributed by atoms with van der Waals surface area (Å²) in [5, 5.41) is 10.4. The summed E-state index contributed by atoms with van der Waals surface area (Å²) in [6, 6.07) is 1.39. The second-order valence-corrected chi connectivity index (χ2v) is 6.16. The van der Waals surface area contributed by atoms with E-state index in [-0.39, 0.29) is 12.1 Å². The Hall–Kier alpha value is -2.90. The summed E-state index contributed by atoms with van der Waals surface area (Å²) >= 11 is 0. The van der Waals surface area contributed by atoms with Gasteiger partial charge in [0.1, 0.15) is 5.82 Å². The van der Waals surface area contributed by atoms with Crippen LogP contribution in [0.25, 0.3) is 5.78 Å². The topological polar surface area (TPSA) is 89.1 Å². The van der Waals surface area contributed by atoms with Crippen LogP contribution in [0.4, 0.5) is 10.6 Å². The summed E-state index contributed by atoms with van der Waals surface area (Å²) in [6.45, 7) is 6.15. The van der Waals surface area contributed by atoms with Crippen LogP contribution in [-0.2, 0) is 19.9 Å². The molecule has 0 aliphatic rings. The number of nitrogens with zero attached hydrogens (tertiary/aromatic N) is 5. The Labute approximate surface area is 152 Å². The second kappa shape index (κ2) is 7.55. The Morgan fingerprint density at radius 1 is 1.27 bits per heavy atom. The highest BCUT2D eigenvalue weighted by Crippen LogP contribution is 2.21. The largest absolute Gasteiger partial charge is 0.329 e. The Bertz CT molecular complexity index is 879. The average Bonchev–Trinajstić information content (AvgIpc) is 3.20. The van der Waals surface area contributed by atoms with Crippen molar-refractivity contribution in [2.75, 3.05) is 5.32 Å². The molecule has 0 aromatic carbocycles. The molecule has 3 rings (SSSR count). The summed E-state index contributed by atoms with van der Waals surface area (Å²) in [5.74, 6) is 1.36. The van der Waals surface area contributed by atoms with E-state index >= 15 is 0 Å². The van der Waals surface area contributed by atoms with Gasteiger partial charge in [-0.2, -0.15) is 5.10 Å². The number of aryl methyl sites for hydroxylation is 2. The van der Waals surface area contributed by atoms with Crippen LogP contribution in [0, 0.1) is 0 Å². The van der Waals surface area contributed by atoms with E-state index < -0.39 is 0 Å². The number of aromatic nitrogens is 5. The fourth-order valence-electron chi connectivity index (χ4n) is 3.14. The Balaban J connectivity index is 1.77. The van der Waals surface area contributed by atoms with Gasteiger partial charge in [0.2, 0.25) is 5.78 Å². The fraction of sp³-hybridized carbons (Fsp3) is 0.444. The number of fused-ring (bicyclic) bond motifs is 1. The molecule has 8 heteroatoms. The number of anilines is 1. The molecule has 0 saturated heterocycles. The third-order valence-electron chi connectivity index (χ3n) is 4.47. The molecule has 2 N–H and O–H groups in total. The van der Waals surface area contributed by atoms with Gasteiger partial charge in [0, 0.05) is 31.2 Å². The van der Waals surface area contributed by atoms with Gasteiger partial charge in [0.05, 0.1) is 17.4 Å². The maximum atomic E-state index is 12.6. The lowest BCUT2D eigenvalue weighted by atomic mass is 10.1. The lowest BCUT2D eigenvalue weighted by Crippen LogP contribution is -2.33. The minimum atomic E-state index is -0.262. The molecule has 26 heavy (non-hydrogen) atoms. The van der Waals surface area contributed by atoms with Gasteiger partial charge in [-0.25, -0.2) is 14.8 Å². The zero-order chi connectivity index (χ0) is 18.7. The predicted molar refractivity (Wildman–Crippen MR) is 100 cm³/mol. The molecule has 0 saturated carbocycles. The van der Waals surface area contributed by atoms with Crippen molar-refractivity contribution in [3.05, 3.63) is 41.6 Å². The van der Waals surface area contributed by atoms with Crippen LogP contribution in [0.5, 0.6) is 0 Å². The number of hydrogen-bond acceptors (Lipinski definition) is 4. The van der Waals surface area contributed by atoms with Crippen molar-refractivity contribution in [2.24, 2.45) is 7.05 Å². The average molecular weight is 355 g/mol. The van der Waals surface area contributed by atoms with Gasteiger partial charge in [-0.3, -0.25) is 14.4 Å². The van der Waals surface area contributed by atoms with Crippen LogP contribution in [0.15, 0.2) is 24.7 Å². The molecule has 138 valence electrons. The number of carbonyl (C=O) groups is 1. The van der Waals surface area contributed by atoms with E-state index in [1.54, 1.807) is 10.9 Å². The number of urea groups is 1. The van der Waals surface area contributed by atoms with E-state index in [4.69, 9.17) is 0 Å². The van der Waals surface area contributed by atoms with Crippen LogP contribution in [0.2, 0.25) is 0 Å². The number of amides is 2. The fourth-order valence-corrected chi connectivity index (χ4v) is 3.14. The molecule has 3 aromatic heterocycles. The first-order valence-corrected chi connectivity index (χ1v) is 8.99. The molecular weight excluding hydrogens is 330 g/mol. The third-order valence-corrected chi connectivity index (χ3v) is 4.47. The van der Waals surface area contributed by atoms with E-state index in [0.717, 1.165) is 42.0 Å². The van der Waals surface area contributed by atoms with Gasteiger partial charge in [-0.15, -0.1) is 0 Å². The molecule has 2 amide bonds. The Morgan fingerprint density at radius 3 is 2.73 bits per heavy atom. The lowest BCUT2D eigenvalue weighted by Gasteiger charge is -2.16. The molecule has 1 atom stereocenters. The molecule has 0 fully saturated rings. The van der Waals surface area contributed by atoms with Crippen molar-refractivity contribution < 1.29 is 4.79 Å². The molecule has 0 radical (unpaired) electrons. The number of imidazole rings is 1. The third kappa shape index (κ3) is 3.40.